The molecule has 0 spiro atoms. The van der Waals surface area contributed by atoms with Gasteiger partial charge in [0.05, 0.1) is 0 Å². The van der Waals surface area contributed by atoms with Gasteiger partial charge in [-0.15, -0.1) is 0 Å². The molecule has 0 aliphatic carbocycles. The Labute approximate surface area is 97.9 Å². The molecule has 1 aromatic heterocycles. The van der Waals surface area contributed by atoms with E-state index >= 15 is 0 Å². The summed E-state index contributed by atoms with van der Waals surface area (Å²) >= 11 is 0. The molecule has 1 aromatic rings. The van der Waals surface area contributed by atoms with Gasteiger partial charge in [-0.1, -0.05) is 0 Å². The van der Waals surface area contributed by atoms with Crippen LogP contribution in [-0.2, 0) is 0 Å². The summed E-state index contributed by atoms with van der Waals surface area (Å²) in [5.74, 6) is 1.98. The fraction of sp³-hybridized carbons (Fsp3) is 0.692. The summed E-state index contributed by atoms with van der Waals surface area (Å²) < 4.78 is 5.51. The minimum absolute atomic E-state index is 0.301. The number of hydrogen-bond donors (Lipinski definition) is 2. The summed E-state index contributed by atoms with van der Waals surface area (Å²) in [4.78, 5) is 0. The standard InChI is InChI=1S/C13H23NO2/c1-10-9-13(12(3)16-10)11(2)14-7-5-4-6-8-15/h9,11,14-15H,4-8H2,1-3H3. The van der Waals surface area contributed by atoms with Crippen molar-refractivity contribution >= 4 is 0 Å². The van der Waals surface area contributed by atoms with Gasteiger partial charge in [0.1, 0.15) is 11.5 Å². The van der Waals surface area contributed by atoms with Crippen molar-refractivity contribution in [3.63, 3.8) is 0 Å². The molecule has 0 saturated carbocycles. The molecule has 3 nitrogen and oxygen atoms in total. The van der Waals surface area contributed by atoms with Crippen LogP contribution in [0.25, 0.3) is 0 Å². The molecule has 16 heavy (non-hydrogen) atoms. The number of furan rings is 1. The minimum Gasteiger partial charge on any atom is -0.466 e. The van der Waals surface area contributed by atoms with Crippen molar-refractivity contribution in [2.24, 2.45) is 0 Å². The number of aliphatic hydroxyl groups is 1. The van der Waals surface area contributed by atoms with Gasteiger partial charge in [0.15, 0.2) is 0 Å². The average molecular weight is 225 g/mol. The van der Waals surface area contributed by atoms with Gasteiger partial charge >= 0.3 is 0 Å². The second-order valence-electron chi connectivity index (χ2n) is 4.33. The molecule has 0 fully saturated rings. The van der Waals surface area contributed by atoms with Crippen LogP contribution >= 0.6 is 0 Å². The van der Waals surface area contributed by atoms with E-state index in [2.05, 4.69) is 18.3 Å². The molecule has 92 valence electrons. The van der Waals surface area contributed by atoms with E-state index in [1.165, 1.54) is 5.56 Å². The molecule has 0 aliphatic heterocycles. The molecule has 3 heteroatoms. The van der Waals surface area contributed by atoms with Gasteiger partial charge in [0.2, 0.25) is 0 Å². The highest BCUT2D eigenvalue weighted by Gasteiger charge is 2.11. The average Bonchev–Trinajstić information content (AvgIpc) is 2.57. The van der Waals surface area contributed by atoms with E-state index in [4.69, 9.17) is 9.52 Å². The Morgan fingerprint density at radius 1 is 1.31 bits per heavy atom. The molecule has 1 unspecified atom stereocenters. The highest BCUT2D eigenvalue weighted by atomic mass is 16.3. The Morgan fingerprint density at radius 3 is 2.62 bits per heavy atom. The molecular weight excluding hydrogens is 202 g/mol. The van der Waals surface area contributed by atoms with Crippen LogP contribution in [0.4, 0.5) is 0 Å². The molecular formula is C13H23NO2. The fourth-order valence-corrected chi connectivity index (χ4v) is 1.92. The maximum Gasteiger partial charge on any atom is 0.105 e. The van der Waals surface area contributed by atoms with Crippen LogP contribution in [0.2, 0.25) is 0 Å². The second-order valence-corrected chi connectivity index (χ2v) is 4.33. The van der Waals surface area contributed by atoms with Crippen LogP contribution in [0.5, 0.6) is 0 Å². The van der Waals surface area contributed by atoms with Gasteiger partial charge in [-0.25, -0.2) is 0 Å². The Bertz CT molecular complexity index is 307. The summed E-state index contributed by atoms with van der Waals surface area (Å²) in [6.45, 7) is 7.43. The number of aliphatic hydroxyl groups excluding tert-OH is 1. The van der Waals surface area contributed by atoms with E-state index in [1.807, 2.05) is 13.8 Å². The van der Waals surface area contributed by atoms with Crippen LogP contribution in [0.3, 0.4) is 0 Å². The van der Waals surface area contributed by atoms with E-state index in [0.717, 1.165) is 37.3 Å². The molecule has 1 atom stereocenters. The van der Waals surface area contributed by atoms with Gasteiger partial charge < -0.3 is 14.8 Å². The molecule has 2 N–H and O–H groups in total. The van der Waals surface area contributed by atoms with Crippen LogP contribution in [0.1, 0.15) is 49.3 Å². The van der Waals surface area contributed by atoms with Crippen molar-refractivity contribution in [1.29, 1.82) is 0 Å². The zero-order valence-corrected chi connectivity index (χ0v) is 10.5. The van der Waals surface area contributed by atoms with Crippen LogP contribution in [-0.4, -0.2) is 18.3 Å². The third-order valence-electron chi connectivity index (χ3n) is 2.83. The lowest BCUT2D eigenvalue weighted by Crippen LogP contribution is -2.20. The van der Waals surface area contributed by atoms with Crippen molar-refractivity contribution in [2.45, 2.75) is 46.1 Å². The van der Waals surface area contributed by atoms with Gasteiger partial charge in [-0.2, -0.15) is 0 Å². The zero-order chi connectivity index (χ0) is 12.0. The van der Waals surface area contributed by atoms with E-state index in [0.29, 0.717) is 12.6 Å². The quantitative estimate of drug-likeness (QED) is 0.701. The minimum atomic E-state index is 0.301. The summed E-state index contributed by atoms with van der Waals surface area (Å²) in [5.41, 5.74) is 1.25. The number of aryl methyl sites for hydroxylation is 2. The molecule has 0 aliphatic rings. The monoisotopic (exact) mass is 225 g/mol. The van der Waals surface area contributed by atoms with E-state index in [1.54, 1.807) is 0 Å². The van der Waals surface area contributed by atoms with Crippen molar-refractivity contribution in [3.8, 4) is 0 Å². The second kappa shape index (κ2) is 6.71. The fourth-order valence-electron chi connectivity index (χ4n) is 1.92. The van der Waals surface area contributed by atoms with Gasteiger partial charge in [-0.3, -0.25) is 0 Å². The van der Waals surface area contributed by atoms with Crippen LogP contribution in [0.15, 0.2) is 10.5 Å². The lowest BCUT2D eigenvalue weighted by molar-refractivity contribution is 0.282. The van der Waals surface area contributed by atoms with E-state index in [9.17, 15) is 0 Å². The summed E-state index contributed by atoms with van der Waals surface area (Å²) in [6.07, 6.45) is 3.10. The van der Waals surface area contributed by atoms with Gasteiger partial charge in [0, 0.05) is 18.2 Å². The third kappa shape index (κ3) is 3.99. The Kier molecular flexibility index (Phi) is 5.56. The van der Waals surface area contributed by atoms with Gasteiger partial charge in [0.25, 0.3) is 0 Å². The lowest BCUT2D eigenvalue weighted by Gasteiger charge is -2.12. The SMILES string of the molecule is Cc1cc(C(C)NCCCCCO)c(C)o1. The molecule has 1 rings (SSSR count). The largest absolute Gasteiger partial charge is 0.466 e. The first kappa shape index (κ1) is 13.3. The smallest absolute Gasteiger partial charge is 0.105 e. The van der Waals surface area contributed by atoms with Crippen molar-refractivity contribution in [2.75, 3.05) is 13.2 Å². The van der Waals surface area contributed by atoms with Crippen molar-refractivity contribution in [1.82, 2.24) is 5.32 Å². The maximum atomic E-state index is 8.66. The number of nitrogens with one attached hydrogen (secondary N) is 1. The zero-order valence-electron chi connectivity index (χ0n) is 10.5. The van der Waals surface area contributed by atoms with Gasteiger partial charge in [-0.05, 0) is 52.6 Å². The third-order valence-corrected chi connectivity index (χ3v) is 2.83. The Hall–Kier alpha value is -0.800. The first-order valence-electron chi connectivity index (χ1n) is 6.06. The molecule has 0 aromatic carbocycles. The summed E-state index contributed by atoms with van der Waals surface area (Å²) in [5, 5.41) is 12.1. The predicted octanol–water partition coefficient (Wildman–Crippen LogP) is 2.71. The normalized spacial score (nSPS) is 13.0. The first-order chi connectivity index (χ1) is 7.65. The van der Waals surface area contributed by atoms with E-state index < -0.39 is 0 Å². The van der Waals surface area contributed by atoms with Crippen LogP contribution < -0.4 is 5.32 Å². The van der Waals surface area contributed by atoms with E-state index in [-0.39, 0.29) is 0 Å². The first-order valence-corrected chi connectivity index (χ1v) is 6.06. The molecule has 0 bridgehead atoms. The highest BCUT2D eigenvalue weighted by molar-refractivity contribution is 5.23. The Morgan fingerprint density at radius 2 is 2.06 bits per heavy atom. The molecule has 0 saturated heterocycles. The Balaban J connectivity index is 2.29. The highest BCUT2D eigenvalue weighted by Crippen LogP contribution is 2.20. The number of rotatable bonds is 7. The molecule has 0 amide bonds. The maximum absolute atomic E-state index is 8.66. The number of unbranched alkanes of at least 4 members (excludes halogenated alkanes) is 2. The number of hydrogen-bond acceptors (Lipinski definition) is 3. The molecule has 0 radical (unpaired) electrons. The van der Waals surface area contributed by atoms with Crippen molar-refractivity contribution < 1.29 is 9.52 Å². The molecule has 1 heterocycles. The summed E-state index contributed by atoms with van der Waals surface area (Å²) in [7, 11) is 0. The van der Waals surface area contributed by atoms with Crippen molar-refractivity contribution in [3.05, 3.63) is 23.2 Å². The van der Waals surface area contributed by atoms with Crippen LogP contribution in [0, 0.1) is 13.8 Å². The summed E-state index contributed by atoms with van der Waals surface area (Å²) in [6, 6.07) is 2.44. The lowest BCUT2D eigenvalue weighted by atomic mass is 10.1. The predicted molar refractivity (Wildman–Crippen MR) is 65.5 cm³/mol. The topological polar surface area (TPSA) is 45.4 Å².